The number of carboxylic acid groups (broad SMARTS) is 1. The van der Waals surface area contributed by atoms with Crippen LogP contribution in [0.2, 0.25) is 0 Å². The van der Waals surface area contributed by atoms with Crippen molar-refractivity contribution >= 4 is 17.6 Å². The van der Waals surface area contributed by atoms with Crippen LogP contribution in [0.15, 0.2) is 18.3 Å². The number of aromatic nitrogens is 3. The van der Waals surface area contributed by atoms with Crippen molar-refractivity contribution < 1.29 is 14.7 Å². The van der Waals surface area contributed by atoms with E-state index in [1.54, 1.807) is 15.4 Å². The standard InChI is InChI=1S/C15H19N5O3/c1-9(2)16-15(23)19-6-5-10(7-19)13-18-17-12-4-3-11(14(21)22)8-20(12)13/h3-4,8-10H,5-7H2,1-2H3,(H,16,23)(H,21,22)/t10-/m0/s1. The first kappa shape index (κ1) is 15.3. The van der Waals surface area contributed by atoms with Crippen LogP contribution >= 0.6 is 0 Å². The molecule has 0 spiro atoms. The van der Waals surface area contributed by atoms with E-state index >= 15 is 0 Å². The highest BCUT2D eigenvalue weighted by Crippen LogP contribution is 2.26. The summed E-state index contributed by atoms with van der Waals surface area (Å²) < 4.78 is 1.71. The fourth-order valence-electron chi connectivity index (χ4n) is 2.81. The molecule has 2 amide bonds. The van der Waals surface area contributed by atoms with Gasteiger partial charge in [-0.2, -0.15) is 0 Å². The molecule has 0 aromatic carbocycles. The number of hydrogen-bond donors (Lipinski definition) is 2. The van der Waals surface area contributed by atoms with Crippen LogP contribution in [0.1, 0.15) is 42.4 Å². The van der Waals surface area contributed by atoms with Gasteiger partial charge < -0.3 is 15.3 Å². The summed E-state index contributed by atoms with van der Waals surface area (Å²) in [7, 11) is 0. The minimum absolute atomic E-state index is 0.0481. The van der Waals surface area contributed by atoms with Crippen LogP contribution in [0.5, 0.6) is 0 Å². The fraction of sp³-hybridized carbons (Fsp3) is 0.467. The topological polar surface area (TPSA) is 99.8 Å². The highest BCUT2D eigenvalue weighted by molar-refractivity contribution is 5.87. The molecule has 2 N–H and O–H groups in total. The van der Waals surface area contributed by atoms with E-state index in [0.717, 1.165) is 6.42 Å². The van der Waals surface area contributed by atoms with Gasteiger partial charge in [0.1, 0.15) is 5.82 Å². The van der Waals surface area contributed by atoms with Crippen molar-refractivity contribution in [3.8, 4) is 0 Å². The predicted molar refractivity (Wildman–Crippen MR) is 82.5 cm³/mol. The summed E-state index contributed by atoms with van der Waals surface area (Å²) in [6, 6.07) is 3.15. The lowest BCUT2D eigenvalue weighted by atomic mass is 10.1. The van der Waals surface area contributed by atoms with E-state index in [1.807, 2.05) is 13.8 Å². The largest absolute Gasteiger partial charge is 0.478 e. The van der Waals surface area contributed by atoms with Crippen molar-refractivity contribution in [3.05, 3.63) is 29.7 Å². The van der Waals surface area contributed by atoms with E-state index in [-0.39, 0.29) is 23.6 Å². The number of carbonyl (C=O) groups excluding carboxylic acids is 1. The number of rotatable bonds is 3. The lowest BCUT2D eigenvalue weighted by Crippen LogP contribution is -2.41. The number of pyridine rings is 1. The first-order valence-corrected chi connectivity index (χ1v) is 7.59. The number of urea groups is 1. The summed E-state index contributed by atoms with van der Waals surface area (Å²) >= 11 is 0. The number of amides is 2. The van der Waals surface area contributed by atoms with Crippen LogP contribution in [0.4, 0.5) is 4.79 Å². The van der Waals surface area contributed by atoms with Crippen molar-refractivity contribution in [2.24, 2.45) is 0 Å². The van der Waals surface area contributed by atoms with Gasteiger partial charge in [-0.25, -0.2) is 9.59 Å². The molecule has 0 radical (unpaired) electrons. The zero-order chi connectivity index (χ0) is 16.6. The van der Waals surface area contributed by atoms with Gasteiger partial charge in [0.15, 0.2) is 5.65 Å². The molecule has 2 aromatic heterocycles. The third kappa shape index (κ3) is 2.96. The Labute approximate surface area is 133 Å². The summed E-state index contributed by atoms with van der Waals surface area (Å²) in [6.45, 7) is 5.04. The van der Waals surface area contributed by atoms with Crippen molar-refractivity contribution in [3.63, 3.8) is 0 Å². The molecule has 23 heavy (non-hydrogen) atoms. The first-order chi connectivity index (χ1) is 11.0. The average Bonchev–Trinajstić information content (AvgIpc) is 3.12. The lowest BCUT2D eigenvalue weighted by molar-refractivity contribution is 0.0696. The highest BCUT2D eigenvalue weighted by atomic mass is 16.4. The average molecular weight is 317 g/mol. The Morgan fingerprint density at radius 1 is 1.35 bits per heavy atom. The van der Waals surface area contributed by atoms with Gasteiger partial charge in [0.05, 0.1) is 5.56 Å². The van der Waals surface area contributed by atoms with E-state index in [4.69, 9.17) is 5.11 Å². The van der Waals surface area contributed by atoms with Crippen LogP contribution in [0, 0.1) is 0 Å². The molecule has 0 aliphatic carbocycles. The maximum Gasteiger partial charge on any atom is 0.337 e. The Morgan fingerprint density at radius 2 is 2.13 bits per heavy atom. The van der Waals surface area contributed by atoms with Crippen LogP contribution in [0.25, 0.3) is 5.65 Å². The monoisotopic (exact) mass is 317 g/mol. The summed E-state index contributed by atoms with van der Waals surface area (Å²) in [5, 5.41) is 20.3. The molecule has 0 bridgehead atoms. The van der Waals surface area contributed by atoms with Crippen molar-refractivity contribution in [1.82, 2.24) is 24.8 Å². The Hall–Kier alpha value is -2.64. The molecule has 1 aliphatic rings. The second-order valence-corrected chi connectivity index (χ2v) is 6.05. The van der Waals surface area contributed by atoms with E-state index in [1.165, 1.54) is 12.3 Å². The summed E-state index contributed by atoms with van der Waals surface area (Å²) in [5.41, 5.74) is 0.793. The molecule has 2 aromatic rings. The van der Waals surface area contributed by atoms with Gasteiger partial charge in [-0.1, -0.05) is 0 Å². The Kier molecular flexibility index (Phi) is 3.89. The maximum absolute atomic E-state index is 12.1. The Morgan fingerprint density at radius 3 is 2.83 bits per heavy atom. The van der Waals surface area contributed by atoms with E-state index < -0.39 is 5.97 Å². The van der Waals surface area contributed by atoms with Crippen LogP contribution in [-0.4, -0.2) is 55.7 Å². The zero-order valence-electron chi connectivity index (χ0n) is 13.1. The van der Waals surface area contributed by atoms with Crippen LogP contribution < -0.4 is 5.32 Å². The number of carbonyl (C=O) groups is 2. The molecular formula is C15H19N5O3. The maximum atomic E-state index is 12.1. The van der Waals surface area contributed by atoms with Crippen molar-refractivity contribution in [2.75, 3.05) is 13.1 Å². The normalized spacial score (nSPS) is 17.9. The second kappa shape index (κ2) is 5.86. The minimum atomic E-state index is -0.990. The molecule has 1 aliphatic heterocycles. The van der Waals surface area contributed by atoms with Gasteiger partial charge in [0.25, 0.3) is 0 Å². The first-order valence-electron chi connectivity index (χ1n) is 7.59. The molecule has 3 heterocycles. The van der Waals surface area contributed by atoms with Crippen molar-refractivity contribution in [1.29, 1.82) is 0 Å². The lowest BCUT2D eigenvalue weighted by Gasteiger charge is -2.18. The van der Waals surface area contributed by atoms with E-state index in [9.17, 15) is 9.59 Å². The smallest absolute Gasteiger partial charge is 0.337 e. The Balaban J connectivity index is 1.83. The molecule has 1 fully saturated rings. The molecule has 8 nitrogen and oxygen atoms in total. The van der Waals surface area contributed by atoms with Crippen molar-refractivity contribution in [2.45, 2.75) is 32.2 Å². The SMILES string of the molecule is CC(C)NC(=O)N1CC[C@H](c2nnc3ccc(C(=O)O)cn23)C1. The summed E-state index contributed by atoms with van der Waals surface area (Å²) in [6.07, 6.45) is 2.31. The molecule has 8 heteroatoms. The second-order valence-electron chi connectivity index (χ2n) is 6.05. The third-order valence-electron chi connectivity index (χ3n) is 3.93. The van der Waals surface area contributed by atoms with E-state index in [0.29, 0.717) is 24.6 Å². The summed E-state index contributed by atoms with van der Waals surface area (Å²) in [4.78, 5) is 25.0. The number of nitrogens with one attached hydrogen (secondary N) is 1. The number of likely N-dealkylation sites (tertiary alicyclic amines) is 1. The number of carboxylic acids is 1. The molecule has 1 saturated heterocycles. The summed E-state index contributed by atoms with van der Waals surface area (Å²) in [5.74, 6) is -0.245. The van der Waals surface area contributed by atoms with Gasteiger partial charge in [-0.3, -0.25) is 4.40 Å². The van der Waals surface area contributed by atoms with Gasteiger partial charge in [-0.15, -0.1) is 10.2 Å². The van der Waals surface area contributed by atoms with Crippen LogP contribution in [-0.2, 0) is 0 Å². The van der Waals surface area contributed by atoms with Gasteiger partial charge in [-0.05, 0) is 32.4 Å². The molecule has 1 atom stereocenters. The fourth-order valence-corrected chi connectivity index (χ4v) is 2.81. The Bertz CT molecular complexity index is 755. The minimum Gasteiger partial charge on any atom is -0.478 e. The van der Waals surface area contributed by atoms with E-state index in [2.05, 4.69) is 15.5 Å². The highest BCUT2D eigenvalue weighted by Gasteiger charge is 2.30. The van der Waals surface area contributed by atoms with Gasteiger partial charge in [0, 0.05) is 31.2 Å². The molecule has 122 valence electrons. The van der Waals surface area contributed by atoms with Gasteiger partial charge >= 0.3 is 12.0 Å². The molecule has 0 unspecified atom stereocenters. The molecule has 3 rings (SSSR count). The zero-order valence-corrected chi connectivity index (χ0v) is 13.1. The quantitative estimate of drug-likeness (QED) is 0.889. The predicted octanol–water partition coefficient (Wildman–Crippen LogP) is 1.33. The number of aromatic carboxylic acids is 1. The third-order valence-corrected chi connectivity index (χ3v) is 3.93. The molecule has 0 saturated carbocycles. The number of hydrogen-bond acceptors (Lipinski definition) is 4. The number of nitrogens with zero attached hydrogens (tertiary/aromatic N) is 4. The number of fused-ring (bicyclic) bond motifs is 1. The molecular weight excluding hydrogens is 298 g/mol. The van der Waals surface area contributed by atoms with Gasteiger partial charge in [0.2, 0.25) is 0 Å². The van der Waals surface area contributed by atoms with Crippen LogP contribution in [0.3, 0.4) is 0 Å².